The summed E-state index contributed by atoms with van der Waals surface area (Å²) in [4.78, 5) is 2.80. The standard InChI is InChI=1S/C16H28N2/c1-18(15-3-2-4-17-10-15)16-13-6-11-5-12(8-13)9-14(16)7-11/h11-17H,2-10H2,1H3. The van der Waals surface area contributed by atoms with Crippen molar-refractivity contribution in [3.8, 4) is 0 Å². The van der Waals surface area contributed by atoms with Crippen molar-refractivity contribution in [3.05, 3.63) is 0 Å². The average molecular weight is 248 g/mol. The van der Waals surface area contributed by atoms with Crippen LogP contribution in [0.5, 0.6) is 0 Å². The van der Waals surface area contributed by atoms with Gasteiger partial charge >= 0.3 is 0 Å². The van der Waals surface area contributed by atoms with Crippen LogP contribution in [-0.2, 0) is 0 Å². The van der Waals surface area contributed by atoms with Gasteiger partial charge in [-0.1, -0.05) is 0 Å². The summed E-state index contributed by atoms with van der Waals surface area (Å²) in [5.74, 6) is 4.32. The van der Waals surface area contributed by atoms with Gasteiger partial charge in [0.15, 0.2) is 0 Å². The molecule has 4 saturated carbocycles. The van der Waals surface area contributed by atoms with Gasteiger partial charge in [0.25, 0.3) is 0 Å². The quantitative estimate of drug-likeness (QED) is 0.808. The van der Waals surface area contributed by atoms with E-state index in [9.17, 15) is 0 Å². The molecule has 2 nitrogen and oxygen atoms in total. The Morgan fingerprint density at radius 3 is 2.17 bits per heavy atom. The highest BCUT2D eigenvalue weighted by atomic mass is 15.2. The molecule has 2 heteroatoms. The second-order valence-electron chi connectivity index (χ2n) is 7.59. The summed E-state index contributed by atoms with van der Waals surface area (Å²) in [7, 11) is 2.44. The van der Waals surface area contributed by atoms with E-state index < -0.39 is 0 Å². The highest BCUT2D eigenvalue weighted by Crippen LogP contribution is 2.55. The highest BCUT2D eigenvalue weighted by molar-refractivity contribution is 5.02. The van der Waals surface area contributed by atoms with Crippen molar-refractivity contribution in [1.29, 1.82) is 0 Å². The molecule has 1 aliphatic heterocycles. The molecule has 102 valence electrons. The Balaban J connectivity index is 1.50. The zero-order valence-electron chi connectivity index (χ0n) is 11.8. The number of hydrogen-bond acceptors (Lipinski definition) is 2. The first-order valence-corrected chi connectivity index (χ1v) is 8.24. The maximum atomic E-state index is 3.60. The van der Waals surface area contributed by atoms with Gasteiger partial charge in [-0.2, -0.15) is 0 Å². The molecular formula is C16H28N2. The third kappa shape index (κ3) is 1.84. The first-order valence-electron chi connectivity index (χ1n) is 8.24. The maximum Gasteiger partial charge on any atom is 0.0221 e. The third-order valence-electron chi connectivity index (χ3n) is 6.49. The molecule has 0 aromatic heterocycles. The average Bonchev–Trinajstić information content (AvgIpc) is 2.38. The summed E-state index contributed by atoms with van der Waals surface area (Å²) in [6, 6.07) is 1.75. The molecule has 4 aliphatic carbocycles. The van der Waals surface area contributed by atoms with Crippen LogP contribution in [0.3, 0.4) is 0 Å². The van der Waals surface area contributed by atoms with E-state index in [0.717, 1.165) is 35.8 Å². The Morgan fingerprint density at radius 1 is 0.944 bits per heavy atom. The van der Waals surface area contributed by atoms with Crippen molar-refractivity contribution in [3.63, 3.8) is 0 Å². The Bertz CT molecular complexity index is 280. The molecule has 18 heavy (non-hydrogen) atoms. The molecule has 1 atom stereocenters. The molecule has 0 aromatic rings. The second-order valence-corrected chi connectivity index (χ2v) is 7.59. The lowest BCUT2D eigenvalue weighted by molar-refractivity contribution is -0.0715. The summed E-state index contributed by atoms with van der Waals surface area (Å²) >= 11 is 0. The van der Waals surface area contributed by atoms with Crippen LogP contribution in [0.25, 0.3) is 0 Å². The second kappa shape index (κ2) is 4.49. The molecule has 1 N–H and O–H groups in total. The summed E-state index contributed by atoms with van der Waals surface area (Å²) in [6.45, 7) is 2.48. The maximum absolute atomic E-state index is 3.60. The van der Waals surface area contributed by atoms with E-state index in [2.05, 4.69) is 17.3 Å². The van der Waals surface area contributed by atoms with Crippen LogP contribution in [-0.4, -0.2) is 37.1 Å². The van der Waals surface area contributed by atoms with Gasteiger partial charge in [0, 0.05) is 18.6 Å². The van der Waals surface area contributed by atoms with Gasteiger partial charge in [0.1, 0.15) is 0 Å². The molecule has 0 spiro atoms. The Kier molecular flexibility index (Phi) is 2.92. The Morgan fingerprint density at radius 2 is 1.61 bits per heavy atom. The normalized spacial score (nSPS) is 51.0. The smallest absolute Gasteiger partial charge is 0.0221 e. The monoisotopic (exact) mass is 248 g/mol. The van der Waals surface area contributed by atoms with Crippen molar-refractivity contribution in [2.75, 3.05) is 20.1 Å². The lowest BCUT2D eigenvalue weighted by atomic mass is 9.53. The van der Waals surface area contributed by atoms with Crippen molar-refractivity contribution < 1.29 is 0 Å². The van der Waals surface area contributed by atoms with E-state index in [0.29, 0.717) is 0 Å². The summed E-state index contributed by atoms with van der Waals surface area (Å²) in [6.07, 6.45) is 10.6. The zero-order valence-corrected chi connectivity index (χ0v) is 11.8. The van der Waals surface area contributed by atoms with Crippen molar-refractivity contribution >= 4 is 0 Å². The fourth-order valence-corrected chi connectivity index (χ4v) is 5.99. The van der Waals surface area contributed by atoms with Crippen molar-refractivity contribution in [1.82, 2.24) is 10.2 Å². The molecule has 0 aromatic carbocycles. The number of likely N-dealkylation sites (N-methyl/N-ethyl adjacent to an activating group) is 1. The Hall–Kier alpha value is -0.0800. The molecule has 4 bridgehead atoms. The first kappa shape index (κ1) is 11.7. The van der Waals surface area contributed by atoms with Crippen LogP contribution in [0.2, 0.25) is 0 Å². The van der Waals surface area contributed by atoms with Gasteiger partial charge in [-0.3, -0.25) is 4.90 Å². The van der Waals surface area contributed by atoms with Crippen LogP contribution in [0, 0.1) is 23.7 Å². The molecule has 0 radical (unpaired) electrons. The topological polar surface area (TPSA) is 15.3 Å². The fourth-order valence-electron chi connectivity index (χ4n) is 5.99. The van der Waals surface area contributed by atoms with Gasteiger partial charge in [-0.25, -0.2) is 0 Å². The largest absolute Gasteiger partial charge is 0.315 e. The van der Waals surface area contributed by atoms with Gasteiger partial charge in [-0.15, -0.1) is 0 Å². The number of nitrogens with one attached hydrogen (secondary N) is 1. The van der Waals surface area contributed by atoms with Crippen LogP contribution in [0.15, 0.2) is 0 Å². The summed E-state index contributed by atoms with van der Waals surface area (Å²) in [5.41, 5.74) is 0. The van der Waals surface area contributed by atoms with E-state index >= 15 is 0 Å². The lowest BCUT2D eigenvalue weighted by Crippen LogP contribution is -2.59. The predicted molar refractivity (Wildman–Crippen MR) is 74.5 cm³/mol. The van der Waals surface area contributed by atoms with Crippen LogP contribution in [0.1, 0.15) is 44.9 Å². The minimum Gasteiger partial charge on any atom is -0.315 e. The minimum absolute atomic E-state index is 0.821. The van der Waals surface area contributed by atoms with Crippen LogP contribution in [0.4, 0.5) is 0 Å². The van der Waals surface area contributed by atoms with Crippen LogP contribution >= 0.6 is 0 Å². The number of piperidine rings is 1. The molecule has 5 rings (SSSR count). The molecule has 1 unspecified atom stereocenters. The van der Waals surface area contributed by atoms with E-state index in [1.807, 2.05) is 0 Å². The minimum atomic E-state index is 0.821. The van der Waals surface area contributed by atoms with E-state index in [1.165, 1.54) is 25.9 Å². The third-order valence-corrected chi connectivity index (χ3v) is 6.49. The molecule has 1 heterocycles. The summed E-state index contributed by atoms with van der Waals surface area (Å²) in [5, 5.41) is 3.60. The van der Waals surface area contributed by atoms with Crippen molar-refractivity contribution in [2.45, 2.75) is 57.0 Å². The van der Waals surface area contributed by atoms with E-state index in [1.54, 1.807) is 32.1 Å². The molecule has 1 saturated heterocycles. The molecule has 0 amide bonds. The van der Waals surface area contributed by atoms with Gasteiger partial charge in [0.05, 0.1) is 0 Å². The van der Waals surface area contributed by atoms with E-state index in [-0.39, 0.29) is 0 Å². The predicted octanol–water partition coefficient (Wildman–Crippen LogP) is 2.49. The number of nitrogens with zero attached hydrogens (tertiary/aromatic N) is 1. The SMILES string of the molecule is CN(C1CCCNC1)C1C2CC3CC(C2)CC1C3. The van der Waals surface area contributed by atoms with Gasteiger partial charge < -0.3 is 5.32 Å². The van der Waals surface area contributed by atoms with Gasteiger partial charge in [-0.05, 0) is 82.2 Å². The first-order chi connectivity index (χ1) is 8.81. The van der Waals surface area contributed by atoms with Crippen molar-refractivity contribution in [2.24, 2.45) is 23.7 Å². The molecule has 5 fully saturated rings. The number of hydrogen-bond donors (Lipinski definition) is 1. The molecule has 5 aliphatic rings. The van der Waals surface area contributed by atoms with E-state index in [4.69, 9.17) is 0 Å². The zero-order chi connectivity index (χ0) is 12.1. The number of rotatable bonds is 2. The lowest BCUT2D eigenvalue weighted by Gasteiger charge is -2.58. The Labute approximate surface area is 111 Å². The van der Waals surface area contributed by atoms with Crippen LogP contribution < -0.4 is 5.32 Å². The van der Waals surface area contributed by atoms with Gasteiger partial charge in [0.2, 0.25) is 0 Å². The highest BCUT2D eigenvalue weighted by Gasteiger charge is 2.50. The fraction of sp³-hybridized carbons (Fsp3) is 1.00. The summed E-state index contributed by atoms with van der Waals surface area (Å²) < 4.78 is 0. The molecular weight excluding hydrogens is 220 g/mol.